The number of phenols is 1. The molecule has 0 saturated heterocycles. The lowest BCUT2D eigenvalue weighted by Gasteiger charge is -2.25. The number of para-hydroxylation sites is 1. The van der Waals surface area contributed by atoms with Crippen molar-refractivity contribution in [2.45, 2.75) is 49.9 Å². The second-order valence-corrected chi connectivity index (χ2v) is 10.9. The molecule has 9 N–H and O–H groups in total. The number of amides is 3. The van der Waals surface area contributed by atoms with Crippen LogP contribution in [-0.4, -0.2) is 86.1 Å². The summed E-state index contributed by atoms with van der Waals surface area (Å²) in [7, 11) is 0. The quantitative estimate of drug-likeness (QED) is 0.113. The standard InChI is InChI=1S/C29H35N5O8S/c1-43-11-10-20(30)26(38)32-23(14-25(36)37)28(40)33-22(12-16-6-8-18(35)9-7-16)27(39)34-24(29(41)42)13-17-15-31-21-5-3-2-4-19(17)21/h2-9,15,20,22-24,31,35H,10-14,30H2,1H3,(H,32,38)(H,33,40)(H,34,39)(H,36,37)(H,41,42). The number of hydrogen-bond acceptors (Lipinski definition) is 8. The van der Waals surface area contributed by atoms with Crippen molar-refractivity contribution in [1.82, 2.24) is 20.9 Å². The number of aliphatic carboxylic acids is 2. The first-order valence-corrected chi connectivity index (χ1v) is 14.8. The number of H-pyrrole nitrogens is 1. The van der Waals surface area contributed by atoms with E-state index in [9.17, 15) is 39.3 Å². The molecule has 43 heavy (non-hydrogen) atoms. The van der Waals surface area contributed by atoms with E-state index in [2.05, 4.69) is 20.9 Å². The van der Waals surface area contributed by atoms with Crippen LogP contribution < -0.4 is 21.7 Å². The van der Waals surface area contributed by atoms with Crippen LogP contribution in [0.2, 0.25) is 0 Å². The van der Waals surface area contributed by atoms with Gasteiger partial charge in [0.25, 0.3) is 0 Å². The summed E-state index contributed by atoms with van der Waals surface area (Å²) in [5, 5.41) is 37.0. The van der Waals surface area contributed by atoms with Gasteiger partial charge in [-0.05, 0) is 47.8 Å². The zero-order valence-electron chi connectivity index (χ0n) is 23.4. The van der Waals surface area contributed by atoms with E-state index in [0.29, 0.717) is 23.3 Å². The van der Waals surface area contributed by atoms with Crippen molar-refractivity contribution in [2.24, 2.45) is 5.73 Å². The molecular weight excluding hydrogens is 578 g/mol. The summed E-state index contributed by atoms with van der Waals surface area (Å²) in [6.45, 7) is 0. The first-order chi connectivity index (χ1) is 20.5. The van der Waals surface area contributed by atoms with Gasteiger partial charge in [0.1, 0.15) is 23.9 Å². The highest BCUT2D eigenvalue weighted by Gasteiger charge is 2.32. The highest BCUT2D eigenvalue weighted by molar-refractivity contribution is 7.98. The number of rotatable bonds is 16. The number of fused-ring (bicyclic) bond motifs is 1. The molecule has 0 saturated carbocycles. The second-order valence-electron chi connectivity index (χ2n) is 9.94. The van der Waals surface area contributed by atoms with E-state index in [-0.39, 0.29) is 18.6 Å². The number of thioether (sulfide) groups is 1. The topological polar surface area (TPSA) is 224 Å². The van der Waals surface area contributed by atoms with Crippen molar-refractivity contribution >= 4 is 52.3 Å². The number of carbonyl (C=O) groups is 5. The number of carbonyl (C=O) groups excluding carboxylic acids is 3. The molecule has 13 nitrogen and oxygen atoms in total. The van der Waals surface area contributed by atoms with E-state index in [1.54, 1.807) is 12.3 Å². The second kappa shape index (κ2) is 15.6. The number of hydrogen-bond donors (Lipinski definition) is 8. The lowest BCUT2D eigenvalue weighted by atomic mass is 10.0. The van der Waals surface area contributed by atoms with Gasteiger partial charge in [-0.3, -0.25) is 19.2 Å². The minimum absolute atomic E-state index is 0.0273. The molecule has 1 heterocycles. The van der Waals surface area contributed by atoms with Gasteiger partial charge in [0.2, 0.25) is 17.7 Å². The Hall–Kier alpha value is -4.56. The van der Waals surface area contributed by atoms with Crippen LogP contribution in [0.1, 0.15) is 24.0 Å². The van der Waals surface area contributed by atoms with Crippen molar-refractivity contribution < 1.29 is 39.3 Å². The fraction of sp³-hybridized carbons (Fsp3) is 0.345. The predicted octanol–water partition coefficient (Wildman–Crippen LogP) is 0.753. The SMILES string of the molecule is CSCCC(N)C(=O)NC(CC(=O)O)C(=O)NC(Cc1ccc(O)cc1)C(=O)NC(Cc1c[nH]c2ccccc12)C(=O)O. The Labute approximate surface area is 251 Å². The van der Waals surface area contributed by atoms with Gasteiger partial charge in [-0.2, -0.15) is 11.8 Å². The molecule has 0 aliphatic rings. The summed E-state index contributed by atoms with van der Waals surface area (Å²) in [6.07, 6.45) is 2.83. The maximum atomic E-state index is 13.5. The number of phenolic OH excluding ortho intramolecular Hbond substituents is 1. The Morgan fingerprint density at radius 2 is 1.49 bits per heavy atom. The summed E-state index contributed by atoms with van der Waals surface area (Å²) in [5.41, 5.74) is 7.84. The highest BCUT2D eigenvalue weighted by Crippen LogP contribution is 2.19. The molecule has 3 aromatic rings. The highest BCUT2D eigenvalue weighted by atomic mass is 32.2. The normalized spacial score (nSPS) is 13.8. The molecule has 230 valence electrons. The lowest BCUT2D eigenvalue weighted by molar-refractivity contribution is -0.143. The molecule has 14 heteroatoms. The number of aromatic nitrogens is 1. The van der Waals surface area contributed by atoms with Gasteiger partial charge in [-0.1, -0.05) is 30.3 Å². The Morgan fingerprint density at radius 1 is 0.860 bits per heavy atom. The van der Waals surface area contributed by atoms with Crippen LogP contribution in [0, 0.1) is 0 Å². The van der Waals surface area contributed by atoms with Crippen molar-refractivity contribution in [2.75, 3.05) is 12.0 Å². The van der Waals surface area contributed by atoms with Crippen LogP contribution in [0.25, 0.3) is 10.9 Å². The van der Waals surface area contributed by atoms with Gasteiger partial charge in [-0.15, -0.1) is 0 Å². The summed E-state index contributed by atoms with van der Waals surface area (Å²) in [5.74, 6) is -4.66. The number of nitrogens with one attached hydrogen (secondary N) is 4. The average Bonchev–Trinajstić information content (AvgIpc) is 3.38. The summed E-state index contributed by atoms with van der Waals surface area (Å²) in [4.78, 5) is 66.0. The van der Waals surface area contributed by atoms with Crippen molar-refractivity contribution in [3.8, 4) is 5.75 Å². The maximum absolute atomic E-state index is 13.5. The summed E-state index contributed by atoms with van der Waals surface area (Å²) >= 11 is 1.47. The van der Waals surface area contributed by atoms with Gasteiger partial charge in [0.05, 0.1) is 12.5 Å². The van der Waals surface area contributed by atoms with Crippen molar-refractivity contribution in [3.63, 3.8) is 0 Å². The van der Waals surface area contributed by atoms with E-state index < -0.39 is 60.2 Å². The molecule has 0 aliphatic heterocycles. The number of benzene rings is 2. The van der Waals surface area contributed by atoms with Gasteiger partial charge in [0, 0.05) is 29.9 Å². The first kappa shape index (κ1) is 32.9. The molecule has 3 amide bonds. The third-order valence-corrected chi connectivity index (χ3v) is 7.35. The molecular formula is C29H35N5O8S. The van der Waals surface area contributed by atoms with Crippen LogP contribution in [0.15, 0.2) is 54.7 Å². The van der Waals surface area contributed by atoms with Gasteiger partial charge < -0.3 is 42.0 Å². The monoisotopic (exact) mass is 613 g/mol. The molecule has 0 bridgehead atoms. The third-order valence-electron chi connectivity index (χ3n) is 6.70. The van der Waals surface area contributed by atoms with E-state index in [4.69, 9.17) is 5.73 Å². The van der Waals surface area contributed by atoms with Crippen LogP contribution >= 0.6 is 11.8 Å². The van der Waals surface area contributed by atoms with Crippen LogP contribution in [-0.2, 0) is 36.8 Å². The molecule has 0 fully saturated rings. The maximum Gasteiger partial charge on any atom is 0.326 e. The Bertz CT molecular complexity index is 1440. The largest absolute Gasteiger partial charge is 0.508 e. The average molecular weight is 614 g/mol. The van der Waals surface area contributed by atoms with Gasteiger partial charge in [0.15, 0.2) is 0 Å². The van der Waals surface area contributed by atoms with Crippen molar-refractivity contribution in [1.29, 1.82) is 0 Å². The zero-order valence-corrected chi connectivity index (χ0v) is 24.2. The van der Waals surface area contributed by atoms with Gasteiger partial charge >= 0.3 is 11.9 Å². The number of aromatic amines is 1. The van der Waals surface area contributed by atoms with Crippen LogP contribution in [0.5, 0.6) is 5.75 Å². The third kappa shape index (κ3) is 9.75. The Kier molecular flexibility index (Phi) is 12.0. The number of aromatic hydroxyl groups is 1. The van der Waals surface area contributed by atoms with E-state index in [1.807, 2.05) is 24.5 Å². The molecule has 2 aromatic carbocycles. The molecule has 4 unspecified atom stereocenters. The lowest BCUT2D eigenvalue weighted by Crippen LogP contribution is -2.58. The van der Waals surface area contributed by atoms with E-state index in [0.717, 1.165) is 10.9 Å². The minimum Gasteiger partial charge on any atom is -0.508 e. The Morgan fingerprint density at radius 3 is 2.14 bits per heavy atom. The molecule has 1 aromatic heterocycles. The molecule has 4 atom stereocenters. The molecule has 0 radical (unpaired) electrons. The number of nitrogens with two attached hydrogens (primary N) is 1. The van der Waals surface area contributed by atoms with Crippen molar-refractivity contribution in [3.05, 3.63) is 65.9 Å². The number of carboxylic acid groups (broad SMARTS) is 2. The Balaban J connectivity index is 1.82. The first-order valence-electron chi connectivity index (χ1n) is 13.4. The fourth-order valence-electron chi connectivity index (χ4n) is 4.38. The van der Waals surface area contributed by atoms with E-state index >= 15 is 0 Å². The fourth-order valence-corrected chi connectivity index (χ4v) is 4.87. The molecule has 3 rings (SSSR count). The molecule has 0 aliphatic carbocycles. The summed E-state index contributed by atoms with van der Waals surface area (Å²) < 4.78 is 0. The number of carboxylic acids is 2. The predicted molar refractivity (Wildman–Crippen MR) is 160 cm³/mol. The zero-order chi connectivity index (χ0) is 31.5. The van der Waals surface area contributed by atoms with E-state index in [1.165, 1.54) is 36.0 Å². The van der Waals surface area contributed by atoms with Gasteiger partial charge in [-0.25, -0.2) is 4.79 Å². The van der Waals surface area contributed by atoms with Crippen LogP contribution in [0.3, 0.4) is 0 Å². The van der Waals surface area contributed by atoms with Crippen LogP contribution in [0.4, 0.5) is 0 Å². The minimum atomic E-state index is -1.55. The summed E-state index contributed by atoms with van der Waals surface area (Å²) in [6, 6.07) is 7.82. The molecule has 0 spiro atoms. The smallest absolute Gasteiger partial charge is 0.326 e.